The minimum atomic E-state index is -1.06. The molecule has 1 N–H and O–H groups in total. The van der Waals surface area contributed by atoms with Crippen LogP contribution in [0, 0.1) is 0 Å². The molecule has 0 spiro atoms. The lowest BCUT2D eigenvalue weighted by Crippen LogP contribution is -2.53. The summed E-state index contributed by atoms with van der Waals surface area (Å²) in [6.45, 7) is 4.21. The van der Waals surface area contributed by atoms with Gasteiger partial charge in [-0.3, -0.25) is 9.69 Å². The maximum atomic E-state index is 12.5. The van der Waals surface area contributed by atoms with Crippen molar-refractivity contribution >= 4 is 11.9 Å². The second kappa shape index (κ2) is 6.05. The van der Waals surface area contributed by atoms with Gasteiger partial charge in [-0.15, -0.1) is 0 Å². The van der Waals surface area contributed by atoms with Crippen LogP contribution in [0.5, 0.6) is 0 Å². The van der Waals surface area contributed by atoms with Crippen LogP contribution in [0.2, 0.25) is 0 Å². The number of rotatable bonds is 3. The van der Waals surface area contributed by atoms with Gasteiger partial charge in [-0.2, -0.15) is 0 Å². The van der Waals surface area contributed by atoms with Crippen molar-refractivity contribution < 1.29 is 14.7 Å². The maximum absolute atomic E-state index is 12.5. The van der Waals surface area contributed by atoms with Gasteiger partial charge in [-0.1, -0.05) is 19.1 Å². The van der Waals surface area contributed by atoms with Gasteiger partial charge in [0.05, 0.1) is 11.1 Å². The van der Waals surface area contributed by atoms with Gasteiger partial charge in [0.15, 0.2) is 0 Å². The average Bonchev–Trinajstić information content (AvgIpc) is 2.47. The van der Waals surface area contributed by atoms with E-state index in [1.54, 1.807) is 23.1 Å². The summed E-state index contributed by atoms with van der Waals surface area (Å²) in [5.74, 6) is -1.25. The number of nitrogens with zero attached hydrogens (tertiary/aromatic N) is 2. The molecule has 1 heterocycles. The van der Waals surface area contributed by atoms with Crippen LogP contribution in [-0.2, 0) is 0 Å². The van der Waals surface area contributed by atoms with E-state index in [0.717, 1.165) is 13.0 Å². The summed E-state index contributed by atoms with van der Waals surface area (Å²) in [5.41, 5.74) is 0.351. The van der Waals surface area contributed by atoms with Gasteiger partial charge in [0.1, 0.15) is 0 Å². The van der Waals surface area contributed by atoms with Crippen LogP contribution in [0.4, 0.5) is 0 Å². The van der Waals surface area contributed by atoms with E-state index < -0.39 is 5.97 Å². The molecule has 2 rings (SSSR count). The number of benzene rings is 1. The predicted octanol–water partition coefficient (Wildman–Crippen LogP) is 1.55. The zero-order valence-corrected chi connectivity index (χ0v) is 11.9. The highest BCUT2D eigenvalue weighted by Crippen LogP contribution is 2.16. The largest absolute Gasteiger partial charge is 0.478 e. The molecule has 0 saturated carbocycles. The number of piperazine rings is 1. The molecule has 0 bridgehead atoms. The van der Waals surface area contributed by atoms with Crippen LogP contribution in [-0.4, -0.2) is 59.5 Å². The lowest BCUT2D eigenvalue weighted by molar-refractivity contribution is 0.0532. The summed E-state index contributed by atoms with van der Waals surface area (Å²) in [6, 6.07) is 6.74. The Labute approximate surface area is 118 Å². The van der Waals surface area contributed by atoms with Crippen molar-refractivity contribution in [2.75, 3.05) is 26.7 Å². The highest BCUT2D eigenvalue weighted by molar-refractivity contribution is 6.04. The fraction of sp³-hybridized carbons (Fsp3) is 0.467. The summed E-state index contributed by atoms with van der Waals surface area (Å²) < 4.78 is 0. The first kappa shape index (κ1) is 14.5. The molecule has 5 nitrogen and oxygen atoms in total. The smallest absolute Gasteiger partial charge is 0.336 e. The minimum absolute atomic E-state index is 0.0736. The summed E-state index contributed by atoms with van der Waals surface area (Å²) in [4.78, 5) is 27.7. The number of hydrogen-bond acceptors (Lipinski definition) is 3. The number of likely N-dealkylation sites (N-methyl/N-ethyl adjacent to an activating group) is 1. The van der Waals surface area contributed by atoms with Crippen LogP contribution in [0.25, 0.3) is 0 Å². The van der Waals surface area contributed by atoms with Gasteiger partial charge in [-0.25, -0.2) is 4.79 Å². The van der Waals surface area contributed by atoms with Gasteiger partial charge in [0, 0.05) is 25.7 Å². The SMILES string of the molecule is CCC1CN(C(=O)c2ccccc2C(=O)O)CCN1C. The standard InChI is InChI=1S/C15H20N2O3/c1-3-11-10-17(9-8-16(11)2)14(18)12-6-4-5-7-13(12)15(19)20/h4-7,11H,3,8-10H2,1-2H3,(H,19,20). The van der Waals surface area contributed by atoms with Crippen LogP contribution in [0.1, 0.15) is 34.1 Å². The second-order valence-electron chi connectivity index (χ2n) is 5.14. The van der Waals surface area contributed by atoms with Crippen molar-refractivity contribution in [2.45, 2.75) is 19.4 Å². The Balaban J connectivity index is 2.22. The molecule has 1 saturated heterocycles. The maximum Gasteiger partial charge on any atom is 0.336 e. The second-order valence-corrected chi connectivity index (χ2v) is 5.14. The summed E-state index contributed by atoms with van der Waals surface area (Å²) >= 11 is 0. The monoisotopic (exact) mass is 276 g/mol. The lowest BCUT2D eigenvalue weighted by atomic mass is 10.0. The summed E-state index contributed by atoms with van der Waals surface area (Å²) in [7, 11) is 2.06. The highest BCUT2D eigenvalue weighted by atomic mass is 16.4. The Morgan fingerprint density at radius 2 is 1.90 bits per heavy atom. The number of aromatic carboxylic acids is 1. The zero-order chi connectivity index (χ0) is 14.7. The molecule has 0 radical (unpaired) electrons. The third kappa shape index (κ3) is 2.82. The van der Waals surface area contributed by atoms with E-state index in [9.17, 15) is 14.7 Å². The quantitative estimate of drug-likeness (QED) is 0.910. The summed E-state index contributed by atoms with van der Waals surface area (Å²) in [5, 5.41) is 9.17. The number of carbonyl (C=O) groups is 2. The molecule has 1 unspecified atom stereocenters. The number of carboxylic acids is 1. The zero-order valence-electron chi connectivity index (χ0n) is 11.9. The van der Waals surface area contributed by atoms with Crippen molar-refractivity contribution in [1.82, 2.24) is 9.80 Å². The van der Waals surface area contributed by atoms with Crippen molar-refractivity contribution in [3.63, 3.8) is 0 Å². The molecular weight excluding hydrogens is 256 g/mol. The van der Waals surface area contributed by atoms with E-state index in [1.165, 1.54) is 6.07 Å². The van der Waals surface area contributed by atoms with E-state index in [2.05, 4.69) is 18.9 Å². The van der Waals surface area contributed by atoms with Gasteiger partial charge >= 0.3 is 5.97 Å². The Morgan fingerprint density at radius 1 is 1.25 bits per heavy atom. The van der Waals surface area contributed by atoms with E-state index in [0.29, 0.717) is 19.1 Å². The number of hydrogen-bond donors (Lipinski definition) is 1. The average molecular weight is 276 g/mol. The van der Waals surface area contributed by atoms with E-state index in [4.69, 9.17) is 0 Å². The predicted molar refractivity (Wildman–Crippen MR) is 76.0 cm³/mol. The van der Waals surface area contributed by atoms with Gasteiger partial charge in [0.25, 0.3) is 5.91 Å². The highest BCUT2D eigenvalue weighted by Gasteiger charge is 2.28. The Hall–Kier alpha value is -1.88. The Morgan fingerprint density at radius 3 is 2.50 bits per heavy atom. The normalized spacial score (nSPS) is 19.9. The van der Waals surface area contributed by atoms with Gasteiger partial charge < -0.3 is 10.0 Å². The van der Waals surface area contributed by atoms with E-state index >= 15 is 0 Å². The van der Waals surface area contributed by atoms with Crippen molar-refractivity contribution in [3.05, 3.63) is 35.4 Å². The van der Waals surface area contributed by atoms with Crippen molar-refractivity contribution in [3.8, 4) is 0 Å². The number of carboxylic acid groups (broad SMARTS) is 1. The molecule has 20 heavy (non-hydrogen) atoms. The van der Waals surface area contributed by atoms with Crippen molar-refractivity contribution in [1.29, 1.82) is 0 Å². The van der Waals surface area contributed by atoms with Crippen LogP contribution >= 0.6 is 0 Å². The minimum Gasteiger partial charge on any atom is -0.478 e. The van der Waals surface area contributed by atoms with Gasteiger partial charge in [-0.05, 0) is 25.6 Å². The first-order valence-electron chi connectivity index (χ1n) is 6.86. The molecule has 1 aromatic carbocycles. The number of carbonyl (C=O) groups excluding carboxylic acids is 1. The lowest BCUT2D eigenvalue weighted by Gasteiger charge is -2.39. The third-order valence-corrected chi connectivity index (χ3v) is 3.92. The molecule has 1 aliphatic rings. The summed E-state index contributed by atoms with van der Waals surface area (Å²) in [6.07, 6.45) is 0.973. The molecule has 108 valence electrons. The van der Waals surface area contributed by atoms with Crippen LogP contribution in [0.15, 0.2) is 24.3 Å². The topological polar surface area (TPSA) is 60.9 Å². The van der Waals surface area contributed by atoms with Crippen LogP contribution in [0.3, 0.4) is 0 Å². The van der Waals surface area contributed by atoms with Crippen LogP contribution < -0.4 is 0 Å². The first-order chi connectivity index (χ1) is 9.54. The molecule has 1 amide bonds. The molecule has 1 atom stereocenters. The fourth-order valence-corrected chi connectivity index (χ4v) is 2.60. The Bertz CT molecular complexity index is 516. The molecule has 1 fully saturated rings. The van der Waals surface area contributed by atoms with E-state index in [1.807, 2.05) is 0 Å². The Kier molecular flexibility index (Phi) is 4.39. The first-order valence-corrected chi connectivity index (χ1v) is 6.86. The third-order valence-electron chi connectivity index (χ3n) is 3.92. The molecule has 0 aliphatic carbocycles. The molecule has 1 aromatic rings. The van der Waals surface area contributed by atoms with Crippen molar-refractivity contribution in [2.24, 2.45) is 0 Å². The van der Waals surface area contributed by atoms with Gasteiger partial charge in [0.2, 0.25) is 0 Å². The number of amides is 1. The molecule has 0 aromatic heterocycles. The fourth-order valence-electron chi connectivity index (χ4n) is 2.60. The molecule has 5 heteroatoms. The molecule has 1 aliphatic heterocycles. The molecular formula is C15H20N2O3. The van der Waals surface area contributed by atoms with E-state index in [-0.39, 0.29) is 17.0 Å².